The Morgan fingerprint density at radius 3 is 2.87 bits per heavy atom. The molecule has 4 aromatic rings. The fourth-order valence-electron chi connectivity index (χ4n) is 3.20. The minimum atomic E-state index is -1.01. The van der Waals surface area contributed by atoms with Crippen molar-refractivity contribution in [3.05, 3.63) is 74.0 Å². The van der Waals surface area contributed by atoms with E-state index >= 15 is 0 Å². The van der Waals surface area contributed by atoms with Gasteiger partial charge in [0.05, 0.1) is 22.7 Å². The number of fused-ring (bicyclic) bond motifs is 1. The van der Waals surface area contributed by atoms with Gasteiger partial charge in [0.15, 0.2) is 5.82 Å². The third-order valence-corrected chi connectivity index (χ3v) is 6.13. The molecule has 0 unspecified atom stereocenters. The highest BCUT2D eigenvalue weighted by atomic mass is 32.1. The zero-order valence-corrected chi connectivity index (χ0v) is 17.4. The molecule has 160 valence electrons. The summed E-state index contributed by atoms with van der Waals surface area (Å²) in [6.45, 7) is 3.25. The number of nitrogens with two attached hydrogens (primary N) is 1. The van der Waals surface area contributed by atoms with Gasteiger partial charge in [0.1, 0.15) is 17.2 Å². The van der Waals surface area contributed by atoms with Gasteiger partial charge in [0.25, 0.3) is 11.5 Å². The summed E-state index contributed by atoms with van der Waals surface area (Å²) in [7, 11) is 0. The quantitative estimate of drug-likeness (QED) is 0.465. The van der Waals surface area contributed by atoms with Crippen LogP contribution in [-0.2, 0) is 13.0 Å². The minimum Gasteiger partial charge on any atom is -0.388 e. The second kappa shape index (κ2) is 8.00. The molecule has 1 amide bonds. The Hall–Kier alpha value is -3.44. The molecule has 0 bridgehead atoms. The number of aromatic nitrogens is 4. The van der Waals surface area contributed by atoms with E-state index in [1.807, 2.05) is 0 Å². The van der Waals surface area contributed by atoms with Crippen LogP contribution < -0.4 is 11.3 Å². The number of hydrogen-bond donors (Lipinski definition) is 2. The van der Waals surface area contributed by atoms with E-state index in [2.05, 4.69) is 15.1 Å². The van der Waals surface area contributed by atoms with Crippen molar-refractivity contribution in [2.75, 3.05) is 0 Å². The lowest BCUT2D eigenvalue weighted by molar-refractivity contribution is 0.100. The van der Waals surface area contributed by atoms with Gasteiger partial charge in [-0.1, -0.05) is 17.3 Å². The summed E-state index contributed by atoms with van der Waals surface area (Å²) in [5.74, 6) is -0.660. The Kier molecular flexibility index (Phi) is 5.38. The van der Waals surface area contributed by atoms with Gasteiger partial charge in [0.2, 0.25) is 5.89 Å². The van der Waals surface area contributed by atoms with Gasteiger partial charge in [-0.15, -0.1) is 11.3 Å². The van der Waals surface area contributed by atoms with Crippen LogP contribution in [0.1, 0.15) is 44.2 Å². The molecule has 0 spiro atoms. The Bertz CT molecular complexity index is 1360. The van der Waals surface area contributed by atoms with Crippen LogP contribution in [0.4, 0.5) is 4.39 Å². The molecule has 0 saturated heterocycles. The normalized spacial score (nSPS) is 12.4. The van der Waals surface area contributed by atoms with Crippen molar-refractivity contribution in [3.63, 3.8) is 0 Å². The van der Waals surface area contributed by atoms with Crippen molar-refractivity contribution in [2.24, 2.45) is 5.73 Å². The topological polar surface area (TPSA) is 137 Å². The molecule has 0 aliphatic rings. The minimum absolute atomic E-state index is 0.0177. The fraction of sp³-hybridized carbons (Fsp3) is 0.250. The maximum Gasteiger partial charge on any atom is 0.262 e. The number of halogens is 1. The van der Waals surface area contributed by atoms with Crippen molar-refractivity contribution < 1.29 is 18.8 Å². The number of nitrogens with zero attached hydrogens (tertiary/aromatic N) is 4. The van der Waals surface area contributed by atoms with E-state index in [0.29, 0.717) is 31.8 Å². The van der Waals surface area contributed by atoms with Gasteiger partial charge >= 0.3 is 0 Å². The first-order valence-electron chi connectivity index (χ1n) is 9.28. The van der Waals surface area contributed by atoms with Crippen LogP contribution in [-0.4, -0.2) is 30.7 Å². The second-order valence-corrected chi connectivity index (χ2v) is 8.11. The average Bonchev–Trinajstić information content (AvgIpc) is 3.30. The molecule has 4 rings (SSSR count). The number of aliphatic hydroxyl groups excluding tert-OH is 1. The van der Waals surface area contributed by atoms with Gasteiger partial charge in [-0.2, -0.15) is 4.98 Å². The summed E-state index contributed by atoms with van der Waals surface area (Å²) in [6, 6.07) is 4.49. The van der Waals surface area contributed by atoms with E-state index in [1.165, 1.54) is 17.0 Å². The third-order valence-electron chi connectivity index (χ3n) is 4.91. The Labute approximate surface area is 179 Å². The summed E-state index contributed by atoms with van der Waals surface area (Å²) in [6.07, 6.45) is 0.338. The zero-order valence-electron chi connectivity index (χ0n) is 16.6. The zero-order chi connectivity index (χ0) is 22.3. The van der Waals surface area contributed by atoms with Gasteiger partial charge in [-0.3, -0.25) is 14.2 Å². The number of thiophene rings is 1. The highest BCUT2D eigenvalue weighted by Gasteiger charge is 2.19. The molecule has 0 saturated carbocycles. The highest BCUT2D eigenvalue weighted by Crippen LogP contribution is 2.26. The first kappa shape index (κ1) is 20.8. The summed E-state index contributed by atoms with van der Waals surface area (Å²) in [4.78, 5) is 33.5. The Morgan fingerprint density at radius 2 is 2.16 bits per heavy atom. The highest BCUT2D eigenvalue weighted by molar-refractivity contribution is 7.20. The van der Waals surface area contributed by atoms with Crippen LogP contribution in [0.15, 0.2) is 33.8 Å². The van der Waals surface area contributed by atoms with E-state index in [4.69, 9.17) is 10.3 Å². The first-order chi connectivity index (χ1) is 14.7. The predicted octanol–water partition coefficient (Wildman–Crippen LogP) is 2.02. The third kappa shape index (κ3) is 3.97. The van der Waals surface area contributed by atoms with Crippen LogP contribution in [0.5, 0.6) is 0 Å². The van der Waals surface area contributed by atoms with E-state index in [0.717, 1.165) is 11.3 Å². The van der Waals surface area contributed by atoms with Crippen molar-refractivity contribution in [1.82, 2.24) is 19.7 Å². The molecule has 1 atom stereocenters. The number of aryl methyl sites for hydroxylation is 2. The second-order valence-electron chi connectivity index (χ2n) is 7.11. The maximum atomic E-state index is 13.7. The average molecular weight is 443 g/mol. The molecule has 0 radical (unpaired) electrons. The smallest absolute Gasteiger partial charge is 0.262 e. The molecule has 1 aromatic carbocycles. The molecule has 3 aromatic heterocycles. The molecular formula is C20H18FN5O4S. The number of hydrogen-bond acceptors (Lipinski definition) is 8. The number of amides is 1. The van der Waals surface area contributed by atoms with E-state index < -0.39 is 17.8 Å². The summed E-state index contributed by atoms with van der Waals surface area (Å²) in [5.41, 5.74) is 6.36. The van der Waals surface area contributed by atoms with Crippen LogP contribution in [0.25, 0.3) is 10.2 Å². The number of aliphatic hydroxyl groups is 1. The summed E-state index contributed by atoms with van der Waals surface area (Å²) >= 11 is 1.07. The van der Waals surface area contributed by atoms with Gasteiger partial charge in [-0.05, 0) is 36.6 Å². The molecule has 0 fully saturated rings. The molecule has 0 aliphatic heterocycles. The first-order valence-corrected chi connectivity index (χ1v) is 10.1. The molecule has 31 heavy (non-hydrogen) atoms. The SMILES string of the molecule is Cc1ccc([C@@H](O)Cc2noc(Cn3cnc4sc(C(N)=O)c(C)c4c3=O)n2)cc1F. The lowest BCUT2D eigenvalue weighted by Crippen LogP contribution is -2.21. The summed E-state index contributed by atoms with van der Waals surface area (Å²) in [5, 5.41) is 14.5. The number of primary amides is 1. The molecule has 11 heteroatoms. The molecule has 0 aliphatic carbocycles. The molecule has 3 heterocycles. The summed E-state index contributed by atoms with van der Waals surface area (Å²) < 4.78 is 20.2. The fourth-order valence-corrected chi connectivity index (χ4v) is 4.19. The van der Waals surface area contributed by atoms with Gasteiger partial charge < -0.3 is 15.4 Å². The molecule has 9 nitrogen and oxygen atoms in total. The monoisotopic (exact) mass is 443 g/mol. The van der Waals surface area contributed by atoms with Crippen molar-refractivity contribution >= 4 is 27.5 Å². The molecular weight excluding hydrogens is 425 g/mol. The number of benzene rings is 1. The van der Waals surface area contributed by atoms with Crippen LogP contribution in [0, 0.1) is 19.7 Å². The Morgan fingerprint density at radius 1 is 1.39 bits per heavy atom. The molecule has 3 N–H and O–H groups in total. The van der Waals surface area contributed by atoms with Crippen LogP contribution >= 0.6 is 11.3 Å². The van der Waals surface area contributed by atoms with E-state index in [-0.39, 0.29) is 30.2 Å². The number of rotatable bonds is 6. The maximum absolute atomic E-state index is 13.7. The van der Waals surface area contributed by atoms with Crippen LogP contribution in [0.2, 0.25) is 0 Å². The number of carbonyl (C=O) groups is 1. The number of carbonyl (C=O) groups excluding carboxylic acids is 1. The lowest BCUT2D eigenvalue weighted by atomic mass is 10.0. The standard InChI is InChI=1S/C20H18FN5O4S/c1-9-3-4-11(5-12(9)21)13(27)6-14-24-15(30-25-14)7-26-8-23-19-16(20(26)29)10(2)17(31-19)18(22)28/h3-5,8,13,27H,6-7H2,1-2H3,(H2,22,28)/t13-/m0/s1. The van der Waals surface area contributed by atoms with Crippen molar-refractivity contribution in [3.8, 4) is 0 Å². The van der Waals surface area contributed by atoms with E-state index in [9.17, 15) is 19.1 Å². The van der Waals surface area contributed by atoms with Crippen LogP contribution in [0.3, 0.4) is 0 Å². The van der Waals surface area contributed by atoms with Gasteiger partial charge in [0, 0.05) is 6.42 Å². The largest absolute Gasteiger partial charge is 0.388 e. The van der Waals surface area contributed by atoms with Gasteiger partial charge in [-0.25, -0.2) is 9.37 Å². The predicted molar refractivity (Wildman–Crippen MR) is 110 cm³/mol. The Balaban J connectivity index is 1.55. The lowest BCUT2D eigenvalue weighted by Gasteiger charge is -2.09. The van der Waals surface area contributed by atoms with E-state index in [1.54, 1.807) is 26.0 Å². The van der Waals surface area contributed by atoms with Crippen molar-refractivity contribution in [2.45, 2.75) is 32.9 Å². The van der Waals surface area contributed by atoms with Crippen molar-refractivity contribution in [1.29, 1.82) is 0 Å².